The van der Waals surface area contributed by atoms with E-state index in [0.29, 0.717) is 11.6 Å². The second-order valence-electron chi connectivity index (χ2n) is 7.04. The second-order valence-corrected chi connectivity index (χ2v) is 7.04. The normalized spacial score (nSPS) is 12.1. The second kappa shape index (κ2) is 8.21. The van der Waals surface area contributed by atoms with Crippen LogP contribution in [0.5, 0.6) is 0 Å². The summed E-state index contributed by atoms with van der Waals surface area (Å²) < 4.78 is 1.87. The fourth-order valence-electron chi connectivity index (χ4n) is 3.24. The number of nitrogens with two attached hydrogens (primary N) is 1. The number of hydrogen-bond acceptors (Lipinski definition) is 3. The summed E-state index contributed by atoms with van der Waals surface area (Å²) in [5.41, 5.74) is 11.6. The fourth-order valence-corrected chi connectivity index (χ4v) is 3.24. The van der Waals surface area contributed by atoms with Crippen molar-refractivity contribution in [3.8, 4) is 16.8 Å². The lowest BCUT2D eigenvalue weighted by Gasteiger charge is -2.13. The molecule has 0 fully saturated rings. The summed E-state index contributed by atoms with van der Waals surface area (Å²) in [6.45, 7) is 5.65. The molecule has 1 atom stereocenters. The largest absolute Gasteiger partial charge is 0.369 e. The summed E-state index contributed by atoms with van der Waals surface area (Å²) >= 11 is 0. The summed E-state index contributed by atoms with van der Waals surface area (Å²) in [4.78, 5) is 16.1. The molecule has 1 heterocycles. The number of nitrogens with zero attached hydrogens (tertiary/aromatic N) is 2. The van der Waals surface area contributed by atoms with Crippen LogP contribution in [0.4, 0.5) is 5.95 Å². The number of carbonyl (C=O) groups excluding carboxylic acids is 1. The Balaban J connectivity index is 2.03. The van der Waals surface area contributed by atoms with Crippen molar-refractivity contribution >= 4 is 11.7 Å². The summed E-state index contributed by atoms with van der Waals surface area (Å²) in [6, 6.07) is 16.9. The van der Waals surface area contributed by atoms with Crippen LogP contribution in [-0.4, -0.2) is 15.3 Å². The Bertz CT molecular complexity index is 928. The van der Waals surface area contributed by atoms with E-state index in [4.69, 9.17) is 5.73 Å². The summed E-state index contributed by atoms with van der Waals surface area (Å²) in [5.74, 6) is 0.242. The Morgan fingerprint density at radius 1 is 1.19 bits per heavy atom. The maximum absolute atomic E-state index is 11.7. The molecule has 0 saturated heterocycles. The topological polar surface area (TPSA) is 60.9 Å². The molecular formula is C23H27N3O. The van der Waals surface area contributed by atoms with Gasteiger partial charge in [-0.2, -0.15) is 0 Å². The fraction of sp³-hybridized carbons (Fsp3) is 0.304. The molecule has 3 rings (SSSR count). The van der Waals surface area contributed by atoms with Crippen molar-refractivity contribution in [1.29, 1.82) is 0 Å². The molecule has 0 spiro atoms. The summed E-state index contributed by atoms with van der Waals surface area (Å²) in [5, 5.41) is 0. The number of nitrogen functional groups attached to an aromatic ring is 1. The number of rotatable bonds is 7. The third kappa shape index (κ3) is 4.11. The zero-order valence-electron chi connectivity index (χ0n) is 16.3. The van der Waals surface area contributed by atoms with Crippen LogP contribution >= 0.6 is 0 Å². The molecule has 1 aromatic heterocycles. The first-order valence-electron chi connectivity index (χ1n) is 9.55. The number of aromatic nitrogens is 2. The van der Waals surface area contributed by atoms with E-state index < -0.39 is 0 Å². The molecule has 3 aromatic rings. The highest BCUT2D eigenvalue weighted by Crippen LogP contribution is 2.29. The average molecular weight is 361 g/mol. The first-order chi connectivity index (χ1) is 13.0. The third-order valence-corrected chi connectivity index (χ3v) is 5.06. The summed E-state index contributed by atoms with van der Waals surface area (Å²) in [7, 11) is 0. The molecular weight excluding hydrogens is 334 g/mol. The van der Waals surface area contributed by atoms with E-state index in [9.17, 15) is 4.79 Å². The Morgan fingerprint density at radius 3 is 2.59 bits per heavy atom. The van der Waals surface area contributed by atoms with Crippen molar-refractivity contribution in [2.75, 3.05) is 5.73 Å². The van der Waals surface area contributed by atoms with E-state index in [1.54, 1.807) is 6.92 Å². The van der Waals surface area contributed by atoms with Crippen LogP contribution in [0.25, 0.3) is 16.8 Å². The molecule has 0 aliphatic carbocycles. The van der Waals surface area contributed by atoms with Crippen LogP contribution in [0.3, 0.4) is 0 Å². The number of ketones is 1. The molecule has 2 aromatic carbocycles. The van der Waals surface area contributed by atoms with Gasteiger partial charge in [-0.25, -0.2) is 4.98 Å². The number of hydrogen-bond donors (Lipinski definition) is 1. The molecule has 0 aliphatic rings. The minimum atomic E-state index is -0.253. The van der Waals surface area contributed by atoms with Crippen LogP contribution in [0.15, 0.2) is 54.7 Å². The molecule has 0 unspecified atom stereocenters. The summed E-state index contributed by atoms with van der Waals surface area (Å²) in [6.07, 6.45) is 5.17. The van der Waals surface area contributed by atoms with Crippen molar-refractivity contribution in [3.05, 3.63) is 66.0 Å². The molecule has 0 saturated carbocycles. The lowest BCUT2D eigenvalue weighted by atomic mass is 9.95. The minimum Gasteiger partial charge on any atom is -0.369 e. The first kappa shape index (κ1) is 18.9. The Morgan fingerprint density at radius 2 is 1.93 bits per heavy atom. The molecule has 27 heavy (non-hydrogen) atoms. The van der Waals surface area contributed by atoms with Gasteiger partial charge >= 0.3 is 0 Å². The number of carbonyl (C=O) groups is 1. The number of imidazole rings is 1. The molecule has 4 heteroatoms. The third-order valence-electron chi connectivity index (χ3n) is 5.06. The van der Waals surface area contributed by atoms with Gasteiger partial charge in [0.15, 0.2) is 0 Å². The van der Waals surface area contributed by atoms with Gasteiger partial charge in [-0.15, -0.1) is 0 Å². The number of anilines is 1. The van der Waals surface area contributed by atoms with Crippen LogP contribution in [-0.2, 0) is 11.2 Å². The Hall–Kier alpha value is -2.88. The Labute approximate surface area is 161 Å². The average Bonchev–Trinajstić information content (AvgIpc) is 3.07. The maximum Gasteiger partial charge on any atom is 0.205 e. The molecule has 4 nitrogen and oxygen atoms in total. The smallest absolute Gasteiger partial charge is 0.205 e. The molecule has 2 N–H and O–H groups in total. The predicted octanol–water partition coefficient (Wildman–Crippen LogP) is 5.16. The van der Waals surface area contributed by atoms with Gasteiger partial charge in [0.1, 0.15) is 5.78 Å². The molecule has 0 bridgehead atoms. The number of unbranched alkanes of at least 4 members (excludes halogenated alkanes) is 1. The lowest BCUT2D eigenvalue weighted by Crippen LogP contribution is -2.04. The van der Waals surface area contributed by atoms with Crippen LogP contribution in [0.2, 0.25) is 0 Å². The number of benzene rings is 2. The molecule has 0 amide bonds. The van der Waals surface area contributed by atoms with Crippen LogP contribution < -0.4 is 5.73 Å². The number of Topliss-reactive ketones (excluding diaryl/α,β-unsaturated/α-hetero) is 1. The molecule has 0 aliphatic heterocycles. The van der Waals surface area contributed by atoms with E-state index >= 15 is 0 Å². The SMILES string of the molecule is CCCCc1cc(-n2cc([C@H](C)C(C)=O)nc2N)ccc1-c1ccccc1. The Kier molecular flexibility index (Phi) is 5.75. The van der Waals surface area contributed by atoms with E-state index in [0.717, 1.165) is 24.9 Å². The quantitative estimate of drug-likeness (QED) is 0.632. The van der Waals surface area contributed by atoms with Crippen LogP contribution in [0.1, 0.15) is 50.8 Å². The highest BCUT2D eigenvalue weighted by Gasteiger charge is 2.17. The highest BCUT2D eigenvalue weighted by molar-refractivity contribution is 5.82. The van der Waals surface area contributed by atoms with E-state index in [-0.39, 0.29) is 11.7 Å². The van der Waals surface area contributed by atoms with Crippen molar-refractivity contribution in [2.45, 2.75) is 46.0 Å². The van der Waals surface area contributed by atoms with E-state index in [2.05, 4.69) is 54.4 Å². The standard InChI is InChI=1S/C23H27N3O/c1-4-5-9-19-14-20(12-13-21(19)18-10-7-6-8-11-18)26-15-22(25-23(26)24)16(2)17(3)27/h6-8,10-16H,4-5,9H2,1-3H3,(H2,24,25)/t16-/m1/s1. The van der Waals surface area contributed by atoms with Gasteiger partial charge in [0.05, 0.1) is 11.6 Å². The zero-order valence-corrected chi connectivity index (χ0v) is 16.3. The van der Waals surface area contributed by atoms with Crippen molar-refractivity contribution in [2.24, 2.45) is 0 Å². The van der Waals surface area contributed by atoms with Gasteiger partial charge in [0, 0.05) is 11.9 Å². The van der Waals surface area contributed by atoms with Crippen molar-refractivity contribution in [1.82, 2.24) is 9.55 Å². The van der Waals surface area contributed by atoms with Crippen molar-refractivity contribution < 1.29 is 4.79 Å². The monoisotopic (exact) mass is 361 g/mol. The van der Waals surface area contributed by atoms with Gasteiger partial charge in [-0.05, 0) is 55.5 Å². The minimum absolute atomic E-state index is 0.0858. The highest BCUT2D eigenvalue weighted by atomic mass is 16.1. The predicted molar refractivity (Wildman–Crippen MR) is 111 cm³/mol. The molecule has 140 valence electrons. The molecule has 0 radical (unpaired) electrons. The first-order valence-corrected chi connectivity index (χ1v) is 9.55. The van der Waals surface area contributed by atoms with E-state index in [1.807, 2.05) is 23.8 Å². The van der Waals surface area contributed by atoms with Gasteiger partial charge < -0.3 is 5.73 Å². The van der Waals surface area contributed by atoms with Crippen molar-refractivity contribution in [3.63, 3.8) is 0 Å². The number of aryl methyl sites for hydroxylation is 1. The van der Waals surface area contributed by atoms with Gasteiger partial charge in [0.25, 0.3) is 0 Å². The van der Waals surface area contributed by atoms with Crippen LogP contribution in [0, 0.1) is 0 Å². The zero-order chi connectivity index (χ0) is 19.4. The van der Waals surface area contributed by atoms with E-state index in [1.165, 1.54) is 16.7 Å². The lowest BCUT2D eigenvalue weighted by molar-refractivity contribution is -0.118. The van der Waals surface area contributed by atoms with Gasteiger partial charge in [0.2, 0.25) is 5.95 Å². The van der Waals surface area contributed by atoms with Gasteiger partial charge in [-0.3, -0.25) is 9.36 Å². The van der Waals surface area contributed by atoms with Gasteiger partial charge in [-0.1, -0.05) is 49.7 Å². The maximum atomic E-state index is 11.7.